The Hall–Kier alpha value is -2.94. The van der Waals surface area contributed by atoms with E-state index < -0.39 is 23.4 Å². The van der Waals surface area contributed by atoms with E-state index >= 15 is 0 Å². The van der Waals surface area contributed by atoms with Crippen LogP contribution in [-0.4, -0.2) is 46.9 Å². The molecule has 1 unspecified atom stereocenters. The highest BCUT2D eigenvalue weighted by molar-refractivity contribution is 7.16. The number of ether oxygens (including phenoxy) is 1. The van der Waals surface area contributed by atoms with E-state index in [9.17, 15) is 14.4 Å². The fraction of sp³-hybridized carbons (Fsp3) is 0.368. The Morgan fingerprint density at radius 2 is 2.00 bits per heavy atom. The average molecular weight is 402 g/mol. The largest absolute Gasteiger partial charge is 0.497 e. The lowest BCUT2D eigenvalue weighted by Crippen LogP contribution is -2.44. The van der Waals surface area contributed by atoms with Gasteiger partial charge >= 0.3 is 6.03 Å². The van der Waals surface area contributed by atoms with Gasteiger partial charge in [-0.25, -0.2) is 9.78 Å². The van der Waals surface area contributed by atoms with E-state index in [-0.39, 0.29) is 6.54 Å². The predicted molar refractivity (Wildman–Crippen MR) is 106 cm³/mol. The summed E-state index contributed by atoms with van der Waals surface area (Å²) in [5, 5.41) is 5.72. The highest BCUT2D eigenvalue weighted by Gasteiger charge is 2.47. The van der Waals surface area contributed by atoms with Gasteiger partial charge in [0, 0.05) is 10.4 Å². The first kappa shape index (κ1) is 19.8. The van der Waals surface area contributed by atoms with Gasteiger partial charge in [-0.05, 0) is 44.5 Å². The van der Waals surface area contributed by atoms with Gasteiger partial charge in [0.2, 0.25) is 5.91 Å². The molecule has 0 radical (unpaired) electrons. The molecule has 0 bridgehead atoms. The van der Waals surface area contributed by atoms with Gasteiger partial charge < -0.3 is 15.4 Å². The summed E-state index contributed by atoms with van der Waals surface area (Å²) in [4.78, 5) is 43.1. The van der Waals surface area contributed by atoms with Crippen LogP contribution in [-0.2, 0) is 9.59 Å². The van der Waals surface area contributed by atoms with E-state index in [4.69, 9.17) is 4.74 Å². The summed E-state index contributed by atoms with van der Waals surface area (Å²) in [5.41, 5.74) is 0.704. The highest BCUT2D eigenvalue weighted by Crippen LogP contribution is 2.31. The van der Waals surface area contributed by atoms with E-state index in [0.717, 1.165) is 26.8 Å². The number of carbonyl (C=O) groups is 3. The standard InChI is InChI=1S/C19H22N4O4S/c1-5-19(3)16(25)23(18(26)22-19)10-14(24)20-17-21-15(11(2)28-17)12-6-8-13(27-4)9-7-12/h6-9H,5,10H2,1-4H3,(H,22,26)(H,20,21,24). The van der Waals surface area contributed by atoms with Crippen molar-refractivity contribution in [2.24, 2.45) is 0 Å². The van der Waals surface area contributed by atoms with Crippen LogP contribution in [0.4, 0.5) is 9.93 Å². The van der Waals surface area contributed by atoms with Crippen molar-refractivity contribution in [3.63, 3.8) is 0 Å². The second-order valence-electron chi connectivity index (χ2n) is 6.71. The maximum Gasteiger partial charge on any atom is 0.325 e. The van der Waals surface area contributed by atoms with E-state index in [1.165, 1.54) is 11.3 Å². The molecule has 8 nitrogen and oxygen atoms in total. The van der Waals surface area contributed by atoms with Gasteiger partial charge in [-0.2, -0.15) is 0 Å². The van der Waals surface area contributed by atoms with Crippen molar-refractivity contribution < 1.29 is 19.1 Å². The van der Waals surface area contributed by atoms with Gasteiger partial charge in [0.15, 0.2) is 5.13 Å². The third-order valence-electron chi connectivity index (χ3n) is 4.76. The number of aromatic nitrogens is 1. The molecule has 1 aliphatic heterocycles. The molecule has 1 aromatic heterocycles. The molecule has 9 heteroatoms. The minimum absolute atomic E-state index is 0.350. The van der Waals surface area contributed by atoms with Crippen molar-refractivity contribution in [3.05, 3.63) is 29.1 Å². The average Bonchev–Trinajstić information content (AvgIpc) is 3.14. The number of methoxy groups -OCH3 is 1. The fourth-order valence-electron chi connectivity index (χ4n) is 2.90. The summed E-state index contributed by atoms with van der Waals surface area (Å²) in [6.45, 7) is 5.02. The van der Waals surface area contributed by atoms with Gasteiger partial charge in [-0.15, -0.1) is 11.3 Å². The third-order valence-corrected chi connectivity index (χ3v) is 5.65. The number of carbonyl (C=O) groups excluding carboxylic acids is 3. The van der Waals surface area contributed by atoms with Crippen LogP contribution < -0.4 is 15.4 Å². The van der Waals surface area contributed by atoms with Gasteiger partial charge in [-0.3, -0.25) is 14.5 Å². The second-order valence-corrected chi connectivity index (χ2v) is 7.91. The summed E-state index contributed by atoms with van der Waals surface area (Å²) in [7, 11) is 1.60. The van der Waals surface area contributed by atoms with Gasteiger partial charge in [-0.1, -0.05) is 6.92 Å². The van der Waals surface area contributed by atoms with Crippen LogP contribution in [0, 0.1) is 6.92 Å². The van der Waals surface area contributed by atoms with Crippen LogP contribution in [0.1, 0.15) is 25.1 Å². The first-order valence-corrected chi connectivity index (χ1v) is 9.65. The Bertz CT molecular complexity index is 925. The number of anilines is 1. The highest BCUT2D eigenvalue weighted by atomic mass is 32.1. The van der Waals surface area contributed by atoms with E-state index in [2.05, 4.69) is 15.6 Å². The Balaban J connectivity index is 1.70. The Kier molecular flexibility index (Phi) is 5.37. The second kappa shape index (κ2) is 7.59. The molecule has 148 valence electrons. The summed E-state index contributed by atoms with van der Waals surface area (Å²) < 4.78 is 5.16. The summed E-state index contributed by atoms with van der Waals surface area (Å²) in [6.07, 6.45) is 0.451. The van der Waals surface area contributed by atoms with Crippen molar-refractivity contribution >= 4 is 34.3 Å². The Morgan fingerprint density at radius 3 is 2.57 bits per heavy atom. The van der Waals surface area contributed by atoms with Crippen LogP contribution in [0.15, 0.2) is 24.3 Å². The predicted octanol–water partition coefficient (Wildman–Crippen LogP) is 2.79. The number of imide groups is 1. The first-order chi connectivity index (χ1) is 13.3. The minimum Gasteiger partial charge on any atom is -0.497 e. The number of hydrogen-bond acceptors (Lipinski definition) is 6. The number of thiazole rings is 1. The van der Waals surface area contributed by atoms with E-state index in [1.54, 1.807) is 21.0 Å². The maximum atomic E-state index is 12.4. The molecule has 2 N–H and O–H groups in total. The van der Waals surface area contributed by atoms with Gasteiger partial charge in [0.05, 0.1) is 12.8 Å². The van der Waals surface area contributed by atoms with Crippen molar-refractivity contribution in [2.45, 2.75) is 32.7 Å². The normalized spacial score (nSPS) is 18.9. The molecule has 0 saturated carbocycles. The maximum absolute atomic E-state index is 12.4. The van der Waals surface area contributed by atoms with E-state index in [1.807, 2.05) is 31.2 Å². The van der Waals surface area contributed by atoms with Crippen LogP contribution in [0.2, 0.25) is 0 Å². The third kappa shape index (κ3) is 3.70. The molecule has 2 aromatic rings. The monoisotopic (exact) mass is 402 g/mol. The number of benzene rings is 1. The van der Waals surface area contributed by atoms with Crippen LogP contribution in [0.5, 0.6) is 5.75 Å². The smallest absolute Gasteiger partial charge is 0.325 e. The number of nitrogens with one attached hydrogen (secondary N) is 2. The van der Waals surface area contributed by atoms with Crippen molar-refractivity contribution in [1.82, 2.24) is 15.2 Å². The number of aryl methyl sites for hydroxylation is 1. The lowest BCUT2D eigenvalue weighted by Gasteiger charge is -2.18. The Morgan fingerprint density at radius 1 is 1.32 bits per heavy atom. The molecule has 0 spiro atoms. The Labute approximate surface area is 166 Å². The van der Waals surface area contributed by atoms with Crippen molar-refractivity contribution in [3.8, 4) is 17.0 Å². The summed E-state index contributed by atoms with van der Waals surface area (Å²) in [5.74, 6) is -0.124. The molecule has 2 heterocycles. The zero-order valence-corrected chi connectivity index (χ0v) is 17.0. The zero-order valence-electron chi connectivity index (χ0n) is 16.2. The fourth-order valence-corrected chi connectivity index (χ4v) is 3.75. The van der Waals surface area contributed by atoms with Crippen LogP contribution in [0.3, 0.4) is 0 Å². The molecular weight excluding hydrogens is 380 g/mol. The number of nitrogens with zero attached hydrogens (tertiary/aromatic N) is 2. The van der Waals surface area contributed by atoms with Gasteiger partial charge in [0.1, 0.15) is 17.8 Å². The topological polar surface area (TPSA) is 101 Å². The number of hydrogen-bond donors (Lipinski definition) is 2. The summed E-state index contributed by atoms with van der Waals surface area (Å²) in [6, 6.07) is 6.92. The summed E-state index contributed by atoms with van der Waals surface area (Å²) >= 11 is 1.33. The number of amides is 4. The molecule has 0 aliphatic carbocycles. The SMILES string of the molecule is CCC1(C)NC(=O)N(CC(=O)Nc2nc(-c3ccc(OC)cc3)c(C)s2)C1=O. The molecule has 28 heavy (non-hydrogen) atoms. The number of urea groups is 1. The molecule has 4 amide bonds. The quantitative estimate of drug-likeness (QED) is 0.724. The molecule has 1 saturated heterocycles. The molecule has 1 aliphatic rings. The van der Waals surface area contributed by atoms with E-state index in [0.29, 0.717) is 11.6 Å². The van der Waals surface area contributed by atoms with Crippen LogP contribution in [0.25, 0.3) is 11.3 Å². The lowest BCUT2D eigenvalue weighted by molar-refractivity contribution is -0.133. The number of rotatable bonds is 6. The molecular formula is C19H22N4O4S. The molecule has 3 rings (SSSR count). The molecule has 1 fully saturated rings. The lowest BCUT2D eigenvalue weighted by atomic mass is 9.99. The van der Waals surface area contributed by atoms with Gasteiger partial charge in [0.25, 0.3) is 5.91 Å². The molecule has 1 atom stereocenters. The molecule has 1 aromatic carbocycles. The first-order valence-electron chi connectivity index (χ1n) is 8.83. The van der Waals surface area contributed by atoms with Crippen molar-refractivity contribution in [2.75, 3.05) is 19.0 Å². The minimum atomic E-state index is -0.962. The zero-order chi connectivity index (χ0) is 20.5. The van der Waals surface area contributed by atoms with Crippen molar-refractivity contribution in [1.29, 1.82) is 0 Å². The van der Waals surface area contributed by atoms with Crippen LogP contribution >= 0.6 is 11.3 Å².